The first-order valence-corrected chi connectivity index (χ1v) is 6.44. The van der Waals surface area contributed by atoms with Crippen LogP contribution in [0.5, 0.6) is 0 Å². The van der Waals surface area contributed by atoms with E-state index in [0.29, 0.717) is 13.1 Å². The molecule has 18 heavy (non-hydrogen) atoms. The molecule has 1 rings (SSSR count). The maximum absolute atomic E-state index is 8.94. The molecule has 1 aromatic carbocycles. The fourth-order valence-electron chi connectivity index (χ4n) is 2.10. The standard InChI is InChI=1S/C14H24N2O2/c1-12-4-2-3-5-13(12)14(15)6-7-16(8-10-17)9-11-18/h2-5,14,17-18H,6-11,15H2,1H3. The van der Waals surface area contributed by atoms with Gasteiger partial charge in [-0.05, 0) is 24.5 Å². The van der Waals surface area contributed by atoms with Crippen molar-refractivity contribution in [2.24, 2.45) is 5.73 Å². The Labute approximate surface area is 109 Å². The molecule has 0 fully saturated rings. The molecule has 0 bridgehead atoms. The van der Waals surface area contributed by atoms with Gasteiger partial charge in [0.25, 0.3) is 0 Å². The lowest BCUT2D eigenvalue weighted by Gasteiger charge is -2.22. The molecule has 102 valence electrons. The quantitative estimate of drug-likeness (QED) is 0.636. The molecule has 0 amide bonds. The van der Waals surface area contributed by atoms with Crippen LogP contribution in [0.4, 0.5) is 0 Å². The minimum atomic E-state index is 0.00563. The third-order valence-electron chi connectivity index (χ3n) is 3.18. The molecule has 0 aliphatic heterocycles. The van der Waals surface area contributed by atoms with E-state index < -0.39 is 0 Å². The number of nitrogens with two attached hydrogens (primary N) is 1. The van der Waals surface area contributed by atoms with Crippen LogP contribution in [0, 0.1) is 6.92 Å². The highest BCUT2D eigenvalue weighted by Gasteiger charge is 2.11. The fourth-order valence-corrected chi connectivity index (χ4v) is 2.10. The monoisotopic (exact) mass is 252 g/mol. The first kappa shape index (κ1) is 15.1. The zero-order valence-corrected chi connectivity index (χ0v) is 11.0. The zero-order chi connectivity index (χ0) is 13.4. The summed E-state index contributed by atoms with van der Waals surface area (Å²) in [5, 5.41) is 17.9. The lowest BCUT2D eigenvalue weighted by Crippen LogP contribution is -2.32. The SMILES string of the molecule is Cc1ccccc1C(N)CCN(CCO)CCO. The van der Waals surface area contributed by atoms with Gasteiger partial charge in [0.15, 0.2) is 0 Å². The van der Waals surface area contributed by atoms with Gasteiger partial charge < -0.3 is 15.9 Å². The number of rotatable bonds is 8. The van der Waals surface area contributed by atoms with Crippen LogP contribution in [-0.4, -0.2) is 48.0 Å². The molecule has 0 heterocycles. The van der Waals surface area contributed by atoms with Crippen molar-refractivity contribution >= 4 is 0 Å². The van der Waals surface area contributed by atoms with Crippen molar-refractivity contribution in [3.63, 3.8) is 0 Å². The number of hydrogen-bond acceptors (Lipinski definition) is 4. The van der Waals surface area contributed by atoms with E-state index in [2.05, 4.69) is 19.1 Å². The summed E-state index contributed by atoms with van der Waals surface area (Å²) in [5.41, 5.74) is 8.57. The van der Waals surface area contributed by atoms with Crippen LogP contribution in [0.25, 0.3) is 0 Å². The van der Waals surface area contributed by atoms with Crippen molar-refractivity contribution in [2.45, 2.75) is 19.4 Å². The van der Waals surface area contributed by atoms with Crippen molar-refractivity contribution in [1.82, 2.24) is 4.90 Å². The third kappa shape index (κ3) is 4.74. The molecule has 0 radical (unpaired) electrons. The molecule has 0 aliphatic carbocycles. The predicted octanol–water partition coefficient (Wildman–Crippen LogP) is 0.672. The summed E-state index contributed by atoms with van der Waals surface area (Å²) < 4.78 is 0. The van der Waals surface area contributed by atoms with Gasteiger partial charge in [0.1, 0.15) is 0 Å². The first-order valence-electron chi connectivity index (χ1n) is 6.44. The summed E-state index contributed by atoms with van der Waals surface area (Å²) in [6, 6.07) is 8.14. The molecule has 0 saturated heterocycles. The molecule has 0 aliphatic rings. The molecule has 0 aromatic heterocycles. The van der Waals surface area contributed by atoms with Crippen LogP contribution >= 0.6 is 0 Å². The molecule has 0 spiro atoms. The van der Waals surface area contributed by atoms with Crippen LogP contribution < -0.4 is 5.73 Å². The third-order valence-corrected chi connectivity index (χ3v) is 3.18. The molecule has 1 aromatic rings. The Bertz CT molecular complexity index is 338. The van der Waals surface area contributed by atoms with Crippen LogP contribution in [-0.2, 0) is 0 Å². The van der Waals surface area contributed by atoms with E-state index >= 15 is 0 Å². The Morgan fingerprint density at radius 1 is 1.11 bits per heavy atom. The molecular weight excluding hydrogens is 228 g/mol. The summed E-state index contributed by atoms with van der Waals surface area (Å²) in [6.07, 6.45) is 0.824. The van der Waals surface area contributed by atoms with Crippen molar-refractivity contribution in [2.75, 3.05) is 32.8 Å². The lowest BCUT2D eigenvalue weighted by molar-refractivity contribution is 0.157. The number of aryl methyl sites for hydroxylation is 1. The Morgan fingerprint density at radius 3 is 2.28 bits per heavy atom. The van der Waals surface area contributed by atoms with Gasteiger partial charge in [0.05, 0.1) is 13.2 Å². The van der Waals surface area contributed by atoms with Crippen LogP contribution in [0.3, 0.4) is 0 Å². The number of aliphatic hydroxyl groups excluding tert-OH is 2. The molecular formula is C14H24N2O2. The van der Waals surface area contributed by atoms with Gasteiger partial charge >= 0.3 is 0 Å². The van der Waals surface area contributed by atoms with E-state index in [9.17, 15) is 0 Å². The highest BCUT2D eigenvalue weighted by molar-refractivity contribution is 5.28. The smallest absolute Gasteiger partial charge is 0.0558 e. The van der Waals surface area contributed by atoms with Crippen LogP contribution in [0.15, 0.2) is 24.3 Å². The van der Waals surface area contributed by atoms with Gasteiger partial charge in [-0.2, -0.15) is 0 Å². The average Bonchev–Trinajstić information content (AvgIpc) is 2.36. The zero-order valence-electron chi connectivity index (χ0n) is 11.0. The molecule has 0 saturated carbocycles. The van der Waals surface area contributed by atoms with Crippen LogP contribution in [0.1, 0.15) is 23.6 Å². The Kier molecular flexibility index (Phi) is 6.90. The van der Waals surface area contributed by atoms with E-state index in [1.54, 1.807) is 0 Å². The molecule has 1 unspecified atom stereocenters. The second-order valence-electron chi connectivity index (χ2n) is 4.54. The Balaban J connectivity index is 2.49. The van der Waals surface area contributed by atoms with E-state index in [1.165, 1.54) is 11.1 Å². The predicted molar refractivity (Wildman–Crippen MR) is 73.3 cm³/mol. The van der Waals surface area contributed by atoms with E-state index in [1.807, 2.05) is 17.0 Å². The van der Waals surface area contributed by atoms with Crippen LogP contribution in [0.2, 0.25) is 0 Å². The molecule has 4 nitrogen and oxygen atoms in total. The van der Waals surface area contributed by atoms with Crippen molar-refractivity contribution in [3.05, 3.63) is 35.4 Å². The average molecular weight is 252 g/mol. The van der Waals surface area contributed by atoms with Gasteiger partial charge in [-0.25, -0.2) is 0 Å². The maximum atomic E-state index is 8.94. The molecule has 1 atom stereocenters. The number of nitrogens with zero attached hydrogens (tertiary/aromatic N) is 1. The van der Waals surface area contributed by atoms with E-state index in [0.717, 1.165) is 13.0 Å². The number of aliphatic hydroxyl groups is 2. The second-order valence-corrected chi connectivity index (χ2v) is 4.54. The second kappa shape index (κ2) is 8.21. The summed E-state index contributed by atoms with van der Waals surface area (Å²) in [4.78, 5) is 2.03. The summed E-state index contributed by atoms with van der Waals surface area (Å²) in [7, 11) is 0. The van der Waals surface area contributed by atoms with Gasteiger partial charge in [0.2, 0.25) is 0 Å². The largest absolute Gasteiger partial charge is 0.395 e. The minimum Gasteiger partial charge on any atom is -0.395 e. The van der Waals surface area contributed by atoms with Gasteiger partial charge in [0, 0.05) is 25.7 Å². The van der Waals surface area contributed by atoms with Gasteiger partial charge in [-0.1, -0.05) is 24.3 Å². The molecule has 4 N–H and O–H groups in total. The summed E-state index contributed by atoms with van der Waals surface area (Å²) >= 11 is 0. The van der Waals surface area contributed by atoms with Crippen molar-refractivity contribution < 1.29 is 10.2 Å². The van der Waals surface area contributed by atoms with E-state index in [4.69, 9.17) is 15.9 Å². The number of benzene rings is 1. The minimum absolute atomic E-state index is 0.00563. The molecule has 4 heteroatoms. The number of hydrogen-bond donors (Lipinski definition) is 3. The normalized spacial score (nSPS) is 12.9. The van der Waals surface area contributed by atoms with Gasteiger partial charge in [-0.3, -0.25) is 4.90 Å². The van der Waals surface area contributed by atoms with Crippen molar-refractivity contribution in [3.8, 4) is 0 Å². The summed E-state index contributed by atoms with van der Waals surface area (Å²) in [5.74, 6) is 0. The van der Waals surface area contributed by atoms with E-state index in [-0.39, 0.29) is 19.3 Å². The Morgan fingerprint density at radius 2 is 1.72 bits per heavy atom. The van der Waals surface area contributed by atoms with Crippen molar-refractivity contribution in [1.29, 1.82) is 0 Å². The van der Waals surface area contributed by atoms with Gasteiger partial charge in [-0.15, -0.1) is 0 Å². The lowest BCUT2D eigenvalue weighted by atomic mass is 9.99. The highest BCUT2D eigenvalue weighted by Crippen LogP contribution is 2.18. The fraction of sp³-hybridized carbons (Fsp3) is 0.571. The highest BCUT2D eigenvalue weighted by atomic mass is 16.3. The Hall–Kier alpha value is -0.940. The summed E-state index contributed by atoms with van der Waals surface area (Å²) in [6.45, 7) is 4.24. The first-order chi connectivity index (χ1) is 8.69. The maximum Gasteiger partial charge on any atom is 0.0558 e. The topological polar surface area (TPSA) is 69.7 Å².